The number of fused-ring (bicyclic) bond motifs is 1. The highest BCUT2D eigenvalue weighted by Crippen LogP contribution is 2.21. The first-order valence-corrected chi connectivity index (χ1v) is 8.40. The van der Waals surface area contributed by atoms with Crippen LogP contribution in [0.25, 0.3) is 5.65 Å². The molecule has 6 nitrogen and oxygen atoms in total. The summed E-state index contributed by atoms with van der Waals surface area (Å²) in [5.74, 6) is 0. The maximum Gasteiger partial charge on any atom is 0.258 e. The van der Waals surface area contributed by atoms with E-state index in [1.54, 1.807) is 16.7 Å². The molecule has 3 aromatic rings. The van der Waals surface area contributed by atoms with Gasteiger partial charge in [-0.05, 0) is 44.0 Å². The van der Waals surface area contributed by atoms with Crippen LogP contribution in [-0.2, 0) is 13.1 Å². The van der Waals surface area contributed by atoms with Gasteiger partial charge in [0.05, 0.1) is 12.2 Å². The van der Waals surface area contributed by atoms with Crippen LogP contribution >= 0.6 is 0 Å². The predicted octanol–water partition coefficient (Wildman–Crippen LogP) is 1.86. The van der Waals surface area contributed by atoms with Gasteiger partial charge in [-0.3, -0.25) is 18.8 Å². The number of rotatable bonds is 4. The SMILES string of the molecule is Cc1cccn2c(=O)cc(CN3CCC[C@@H]3Cn3cccn3)nc12. The summed E-state index contributed by atoms with van der Waals surface area (Å²) in [5.41, 5.74) is 2.61. The van der Waals surface area contributed by atoms with Crippen molar-refractivity contribution in [3.63, 3.8) is 0 Å². The Kier molecular flexibility index (Phi) is 3.90. The van der Waals surface area contributed by atoms with E-state index in [1.165, 1.54) is 6.42 Å². The molecule has 1 atom stereocenters. The number of pyridine rings is 1. The maximum absolute atomic E-state index is 12.4. The number of aromatic nitrogens is 4. The van der Waals surface area contributed by atoms with E-state index in [2.05, 4.69) is 10.00 Å². The molecular formula is C18H21N5O. The summed E-state index contributed by atoms with van der Waals surface area (Å²) in [6.45, 7) is 4.63. The average Bonchev–Trinajstić information content (AvgIpc) is 3.22. The molecule has 1 saturated heterocycles. The van der Waals surface area contributed by atoms with Gasteiger partial charge < -0.3 is 0 Å². The fraction of sp³-hybridized carbons (Fsp3) is 0.389. The summed E-state index contributed by atoms with van der Waals surface area (Å²) in [6.07, 6.45) is 7.93. The number of aryl methyl sites for hydroxylation is 1. The Morgan fingerprint density at radius 1 is 1.29 bits per heavy atom. The summed E-state index contributed by atoms with van der Waals surface area (Å²) >= 11 is 0. The third kappa shape index (κ3) is 2.85. The maximum atomic E-state index is 12.4. The lowest BCUT2D eigenvalue weighted by molar-refractivity contribution is 0.217. The molecule has 6 heteroatoms. The summed E-state index contributed by atoms with van der Waals surface area (Å²) in [6, 6.07) is 7.93. The highest BCUT2D eigenvalue weighted by Gasteiger charge is 2.25. The summed E-state index contributed by atoms with van der Waals surface area (Å²) in [5, 5.41) is 4.31. The molecule has 0 aromatic carbocycles. The lowest BCUT2D eigenvalue weighted by Gasteiger charge is -2.24. The van der Waals surface area contributed by atoms with Gasteiger partial charge in [0, 0.05) is 37.2 Å². The molecule has 0 spiro atoms. The summed E-state index contributed by atoms with van der Waals surface area (Å²) in [4.78, 5) is 19.5. The van der Waals surface area contributed by atoms with Crippen LogP contribution in [0, 0.1) is 6.92 Å². The van der Waals surface area contributed by atoms with Crippen LogP contribution in [-0.4, -0.2) is 36.7 Å². The number of hydrogen-bond donors (Lipinski definition) is 0. The Morgan fingerprint density at radius 3 is 3.04 bits per heavy atom. The van der Waals surface area contributed by atoms with Gasteiger partial charge in [-0.1, -0.05) is 6.07 Å². The fourth-order valence-electron chi connectivity index (χ4n) is 3.53. The van der Waals surface area contributed by atoms with Crippen LogP contribution in [0.5, 0.6) is 0 Å². The first-order valence-electron chi connectivity index (χ1n) is 8.40. The molecule has 24 heavy (non-hydrogen) atoms. The number of likely N-dealkylation sites (tertiary alicyclic amines) is 1. The topological polar surface area (TPSA) is 55.4 Å². The van der Waals surface area contributed by atoms with Crippen molar-refractivity contribution < 1.29 is 0 Å². The highest BCUT2D eigenvalue weighted by atomic mass is 16.1. The van der Waals surface area contributed by atoms with E-state index in [1.807, 2.05) is 42.2 Å². The third-order valence-corrected chi connectivity index (χ3v) is 4.76. The first-order chi connectivity index (χ1) is 11.7. The van der Waals surface area contributed by atoms with Gasteiger partial charge in [-0.25, -0.2) is 4.98 Å². The zero-order valence-corrected chi connectivity index (χ0v) is 13.8. The molecule has 0 unspecified atom stereocenters. The molecule has 1 aliphatic rings. The number of hydrogen-bond acceptors (Lipinski definition) is 4. The Balaban J connectivity index is 1.59. The molecule has 1 fully saturated rings. The van der Waals surface area contributed by atoms with Crippen molar-refractivity contribution in [1.82, 2.24) is 24.1 Å². The van der Waals surface area contributed by atoms with Gasteiger partial charge in [0.15, 0.2) is 0 Å². The second kappa shape index (κ2) is 6.20. The second-order valence-corrected chi connectivity index (χ2v) is 6.47. The fourth-order valence-corrected chi connectivity index (χ4v) is 3.53. The third-order valence-electron chi connectivity index (χ3n) is 4.76. The van der Waals surface area contributed by atoms with E-state index in [0.29, 0.717) is 12.6 Å². The highest BCUT2D eigenvalue weighted by molar-refractivity contribution is 5.46. The second-order valence-electron chi connectivity index (χ2n) is 6.47. The molecule has 124 valence electrons. The van der Waals surface area contributed by atoms with E-state index < -0.39 is 0 Å². The van der Waals surface area contributed by atoms with Crippen LogP contribution in [0.2, 0.25) is 0 Å². The van der Waals surface area contributed by atoms with Crippen LogP contribution in [0.1, 0.15) is 24.1 Å². The number of nitrogens with zero attached hydrogens (tertiary/aromatic N) is 5. The summed E-state index contributed by atoms with van der Waals surface area (Å²) < 4.78 is 3.60. The standard InChI is InChI=1S/C18H21N5O/c1-14-5-2-10-23-17(24)11-15(20-18(14)23)12-21-8-3-6-16(21)13-22-9-4-7-19-22/h2,4-5,7,9-11,16H,3,6,8,12-13H2,1H3/t16-/m1/s1. The molecule has 3 aromatic heterocycles. The largest absolute Gasteiger partial charge is 0.293 e. The molecule has 0 saturated carbocycles. The van der Waals surface area contributed by atoms with Crippen molar-refractivity contribution in [2.75, 3.05) is 6.54 Å². The molecule has 0 N–H and O–H groups in total. The molecular weight excluding hydrogens is 302 g/mol. The van der Waals surface area contributed by atoms with Gasteiger partial charge in [0.2, 0.25) is 0 Å². The zero-order chi connectivity index (χ0) is 16.5. The van der Waals surface area contributed by atoms with Gasteiger partial charge in [-0.15, -0.1) is 0 Å². The molecule has 0 bridgehead atoms. The molecule has 4 heterocycles. The zero-order valence-electron chi connectivity index (χ0n) is 13.8. The van der Waals surface area contributed by atoms with Gasteiger partial charge >= 0.3 is 0 Å². The van der Waals surface area contributed by atoms with Crippen molar-refractivity contribution in [3.8, 4) is 0 Å². The minimum Gasteiger partial charge on any atom is -0.293 e. The van der Waals surface area contributed by atoms with Crippen molar-refractivity contribution in [1.29, 1.82) is 0 Å². The molecule has 0 radical (unpaired) electrons. The van der Waals surface area contributed by atoms with Crippen molar-refractivity contribution in [2.24, 2.45) is 0 Å². The van der Waals surface area contributed by atoms with Crippen molar-refractivity contribution in [2.45, 2.75) is 38.9 Å². The van der Waals surface area contributed by atoms with Gasteiger partial charge in [0.25, 0.3) is 5.56 Å². The molecule has 0 aliphatic carbocycles. The first kappa shape index (κ1) is 15.1. The molecule has 0 amide bonds. The normalized spacial score (nSPS) is 18.5. The molecule has 4 rings (SSSR count). The average molecular weight is 323 g/mol. The van der Waals surface area contributed by atoms with Gasteiger partial charge in [-0.2, -0.15) is 5.10 Å². The lowest BCUT2D eigenvalue weighted by atomic mass is 10.2. The predicted molar refractivity (Wildman–Crippen MR) is 91.9 cm³/mol. The summed E-state index contributed by atoms with van der Waals surface area (Å²) in [7, 11) is 0. The van der Waals surface area contributed by atoms with Crippen LogP contribution < -0.4 is 5.56 Å². The Morgan fingerprint density at radius 2 is 2.21 bits per heavy atom. The lowest BCUT2D eigenvalue weighted by Crippen LogP contribution is -2.33. The van der Waals surface area contributed by atoms with E-state index in [4.69, 9.17) is 4.98 Å². The van der Waals surface area contributed by atoms with Crippen LogP contribution in [0.4, 0.5) is 0 Å². The van der Waals surface area contributed by atoms with E-state index in [9.17, 15) is 4.79 Å². The monoisotopic (exact) mass is 323 g/mol. The minimum atomic E-state index is -0.0125. The Hall–Kier alpha value is -2.47. The van der Waals surface area contributed by atoms with Crippen LogP contribution in [0.15, 0.2) is 47.7 Å². The quantitative estimate of drug-likeness (QED) is 0.735. The molecule has 1 aliphatic heterocycles. The Labute approximate surface area is 140 Å². The van der Waals surface area contributed by atoms with Crippen LogP contribution in [0.3, 0.4) is 0 Å². The van der Waals surface area contributed by atoms with E-state index in [-0.39, 0.29) is 5.56 Å². The minimum absolute atomic E-state index is 0.0125. The Bertz CT molecular complexity index is 899. The smallest absolute Gasteiger partial charge is 0.258 e. The van der Waals surface area contributed by atoms with E-state index in [0.717, 1.165) is 36.4 Å². The van der Waals surface area contributed by atoms with Crippen molar-refractivity contribution >= 4 is 5.65 Å². The van der Waals surface area contributed by atoms with Crippen molar-refractivity contribution in [3.05, 3.63) is 64.5 Å². The van der Waals surface area contributed by atoms with E-state index >= 15 is 0 Å². The van der Waals surface area contributed by atoms with Gasteiger partial charge in [0.1, 0.15) is 5.65 Å².